The number of carbonyl (C=O) groups excluding carboxylic acids is 1. The molecule has 3 rings (SSSR count). The maximum atomic E-state index is 12.5. The fraction of sp³-hybridized carbons (Fsp3) is 0.500. The van der Waals surface area contributed by atoms with Crippen molar-refractivity contribution < 1.29 is 9.90 Å². The van der Waals surface area contributed by atoms with Crippen LogP contribution in [0.15, 0.2) is 29.3 Å². The zero-order valence-electron chi connectivity index (χ0n) is 13.9. The zero-order chi connectivity index (χ0) is 17.2. The lowest BCUT2D eigenvalue weighted by Gasteiger charge is -2.26. The molecule has 0 saturated heterocycles. The highest BCUT2D eigenvalue weighted by molar-refractivity contribution is 5.93. The van der Waals surface area contributed by atoms with Crippen LogP contribution in [-0.4, -0.2) is 32.5 Å². The Morgan fingerprint density at radius 2 is 2.00 bits per heavy atom. The van der Waals surface area contributed by atoms with Gasteiger partial charge in [0.2, 0.25) is 0 Å². The van der Waals surface area contributed by atoms with E-state index in [-0.39, 0.29) is 12.1 Å². The van der Waals surface area contributed by atoms with Crippen molar-refractivity contribution in [3.63, 3.8) is 0 Å². The second kappa shape index (κ2) is 6.73. The predicted molar refractivity (Wildman–Crippen MR) is 91.2 cm³/mol. The summed E-state index contributed by atoms with van der Waals surface area (Å²) in [5.41, 5.74) is 0.147. The van der Waals surface area contributed by atoms with Crippen LogP contribution in [0.25, 0.3) is 5.65 Å². The topological polar surface area (TPSA) is 83.7 Å². The summed E-state index contributed by atoms with van der Waals surface area (Å²) in [5.74, 6) is -0.485. The Morgan fingerprint density at radius 1 is 1.29 bits per heavy atom. The third-order valence-corrected chi connectivity index (χ3v) is 4.71. The summed E-state index contributed by atoms with van der Waals surface area (Å²) in [6, 6.07) is 3.61. The molecule has 0 bridgehead atoms. The van der Waals surface area contributed by atoms with Crippen molar-refractivity contribution in [2.75, 3.05) is 6.54 Å². The molecule has 0 atom stereocenters. The van der Waals surface area contributed by atoms with Gasteiger partial charge in [-0.2, -0.15) is 0 Å². The van der Waals surface area contributed by atoms with Crippen LogP contribution in [0.4, 0.5) is 0 Å². The van der Waals surface area contributed by atoms with Gasteiger partial charge in [0.15, 0.2) is 0 Å². The number of amides is 1. The number of aliphatic hydroxyl groups is 1. The maximum absolute atomic E-state index is 12.5. The molecular weight excluding hydrogens is 306 g/mol. The summed E-state index contributed by atoms with van der Waals surface area (Å²) in [4.78, 5) is 29.1. The quantitative estimate of drug-likeness (QED) is 0.841. The first-order chi connectivity index (χ1) is 11.5. The van der Waals surface area contributed by atoms with Crippen molar-refractivity contribution >= 4 is 11.6 Å². The van der Waals surface area contributed by atoms with Crippen LogP contribution >= 0.6 is 0 Å². The van der Waals surface area contributed by atoms with Gasteiger partial charge in [-0.1, -0.05) is 31.7 Å². The van der Waals surface area contributed by atoms with E-state index in [1.807, 2.05) is 13.0 Å². The zero-order valence-corrected chi connectivity index (χ0v) is 13.9. The predicted octanol–water partition coefficient (Wildman–Crippen LogP) is 1.82. The van der Waals surface area contributed by atoms with Crippen molar-refractivity contribution in [1.82, 2.24) is 14.7 Å². The second-order valence-electron chi connectivity index (χ2n) is 6.73. The number of carbonyl (C=O) groups is 1. The average Bonchev–Trinajstić information content (AvgIpc) is 2.79. The Morgan fingerprint density at radius 3 is 2.71 bits per heavy atom. The Kier molecular flexibility index (Phi) is 4.66. The van der Waals surface area contributed by atoms with Crippen LogP contribution in [0.1, 0.15) is 54.4 Å². The number of fused-ring (bicyclic) bond motifs is 1. The number of hydrogen-bond acceptors (Lipinski definition) is 4. The van der Waals surface area contributed by atoms with Crippen LogP contribution in [0.3, 0.4) is 0 Å². The molecule has 2 heterocycles. The standard InChI is InChI=1S/C18H23N3O3/c1-13-6-7-15-19-10-14(17(23)21(15)11-13)16(22)20-12-18(24)8-4-2-3-5-9-18/h6-7,10-11,24H,2-5,8-9,12H2,1H3,(H,20,22). The first-order valence-electron chi connectivity index (χ1n) is 8.47. The number of pyridine rings is 1. The lowest BCUT2D eigenvalue weighted by atomic mass is 9.94. The highest BCUT2D eigenvalue weighted by Gasteiger charge is 2.28. The SMILES string of the molecule is Cc1ccc2ncc(C(=O)NCC3(O)CCCCCC3)c(=O)n2c1. The normalized spacial score (nSPS) is 17.4. The van der Waals surface area contributed by atoms with Crippen LogP contribution in [0.5, 0.6) is 0 Å². The van der Waals surface area contributed by atoms with E-state index in [0.29, 0.717) is 18.5 Å². The second-order valence-corrected chi connectivity index (χ2v) is 6.73. The smallest absolute Gasteiger partial charge is 0.270 e. The Bertz CT molecular complexity index is 805. The number of aryl methyl sites for hydroxylation is 1. The highest BCUT2D eigenvalue weighted by Crippen LogP contribution is 2.26. The summed E-state index contributed by atoms with van der Waals surface area (Å²) >= 11 is 0. The number of rotatable bonds is 3. The molecule has 6 heteroatoms. The molecule has 0 radical (unpaired) electrons. The summed E-state index contributed by atoms with van der Waals surface area (Å²) in [6.07, 6.45) is 8.50. The molecule has 0 aromatic carbocycles. The third-order valence-electron chi connectivity index (χ3n) is 4.71. The van der Waals surface area contributed by atoms with Gasteiger partial charge in [0.05, 0.1) is 5.60 Å². The summed E-state index contributed by atoms with van der Waals surface area (Å²) < 4.78 is 1.38. The first-order valence-corrected chi connectivity index (χ1v) is 8.47. The van der Waals surface area contributed by atoms with Gasteiger partial charge < -0.3 is 10.4 Å². The molecular formula is C18H23N3O3. The van der Waals surface area contributed by atoms with Crippen molar-refractivity contribution in [3.8, 4) is 0 Å². The molecule has 1 aliphatic carbocycles. The Hall–Kier alpha value is -2.21. The molecule has 2 aromatic heterocycles. The largest absolute Gasteiger partial charge is 0.388 e. The number of nitrogens with one attached hydrogen (secondary N) is 1. The van der Waals surface area contributed by atoms with Gasteiger partial charge in [-0.05, 0) is 31.4 Å². The molecule has 1 amide bonds. The van der Waals surface area contributed by atoms with Gasteiger partial charge in [0, 0.05) is 18.9 Å². The maximum Gasteiger partial charge on any atom is 0.270 e. The Balaban J connectivity index is 1.79. The fourth-order valence-electron chi connectivity index (χ4n) is 3.24. The van der Waals surface area contributed by atoms with Crippen LogP contribution in [0, 0.1) is 6.92 Å². The molecule has 2 aromatic rings. The lowest BCUT2D eigenvalue weighted by molar-refractivity contribution is 0.0246. The van der Waals surface area contributed by atoms with Gasteiger partial charge in [-0.25, -0.2) is 4.98 Å². The summed E-state index contributed by atoms with van der Waals surface area (Å²) in [7, 11) is 0. The van der Waals surface area contributed by atoms with Gasteiger partial charge in [0.25, 0.3) is 11.5 Å². The molecule has 24 heavy (non-hydrogen) atoms. The summed E-state index contributed by atoms with van der Waals surface area (Å²) in [5, 5.41) is 13.3. The van der Waals surface area contributed by atoms with Crippen molar-refractivity contribution in [2.24, 2.45) is 0 Å². The van der Waals surface area contributed by atoms with E-state index in [1.54, 1.807) is 12.3 Å². The van der Waals surface area contributed by atoms with Crippen LogP contribution in [-0.2, 0) is 0 Å². The molecule has 0 spiro atoms. The van der Waals surface area contributed by atoms with Crippen molar-refractivity contribution in [3.05, 3.63) is 46.0 Å². The van der Waals surface area contributed by atoms with Crippen LogP contribution in [0.2, 0.25) is 0 Å². The van der Waals surface area contributed by atoms with Gasteiger partial charge in [-0.3, -0.25) is 14.0 Å². The molecule has 0 aliphatic heterocycles. The Labute approximate surface area is 140 Å². The minimum Gasteiger partial charge on any atom is -0.388 e. The summed E-state index contributed by atoms with van der Waals surface area (Å²) in [6.45, 7) is 2.04. The first kappa shape index (κ1) is 16.6. The molecule has 1 fully saturated rings. The number of hydrogen-bond donors (Lipinski definition) is 2. The van der Waals surface area contributed by atoms with E-state index in [4.69, 9.17) is 0 Å². The fourth-order valence-corrected chi connectivity index (χ4v) is 3.24. The van der Waals surface area contributed by atoms with Crippen LogP contribution < -0.4 is 10.9 Å². The minimum absolute atomic E-state index is 0.00433. The third kappa shape index (κ3) is 3.48. The van der Waals surface area contributed by atoms with Crippen molar-refractivity contribution in [2.45, 2.75) is 51.0 Å². The molecule has 2 N–H and O–H groups in total. The van der Waals surface area contributed by atoms with E-state index in [0.717, 1.165) is 31.2 Å². The molecule has 1 saturated carbocycles. The molecule has 1 aliphatic rings. The van der Waals surface area contributed by atoms with Gasteiger partial charge in [0.1, 0.15) is 11.2 Å². The lowest BCUT2D eigenvalue weighted by Crippen LogP contribution is -2.44. The molecule has 128 valence electrons. The van der Waals surface area contributed by atoms with Gasteiger partial charge in [-0.15, -0.1) is 0 Å². The van der Waals surface area contributed by atoms with E-state index in [2.05, 4.69) is 10.3 Å². The monoisotopic (exact) mass is 329 g/mol. The average molecular weight is 329 g/mol. The van der Waals surface area contributed by atoms with E-state index in [9.17, 15) is 14.7 Å². The van der Waals surface area contributed by atoms with Crippen molar-refractivity contribution in [1.29, 1.82) is 0 Å². The highest BCUT2D eigenvalue weighted by atomic mass is 16.3. The number of aromatic nitrogens is 2. The van der Waals surface area contributed by atoms with E-state index >= 15 is 0 Å². The molecule has 6 nitrogen and oxygen atoms in total. The van der Waals surface area contributed by atoms with Gasteiger partial charge >= 0.3 is 0 Å². The van der Waals surface area contributed by atoms with E-state index in [1.165, 1.54) is 10.6 Å². The van der Waals surface area contributed by atoms with E-state index < -0.39 is 17.1 Å². The minimum atomic E-state index is -0.872. The number of nitrogens with zero attached hydrogens (tertiary/aromatic N) is 2. The molecule has 0 unspecified atom stereocenters.